The van der Waals surface area contributed by atoms with E-state index < -0.39 is 23.0 Å². The standard InChI is InChI=1S/C19H20F2N2O/c20-16-7-6-15(12-17(16)21)19(18(22)24)8-10-23(11-9-19)13-14-4-2-1-3-5-14/h1-7,12H,8-11,13H2,(H2,22,24). The van der Waals surface area contributed by atoms with Gasteiger partial charge in [-0.2, -0.15) is 0 Å². The Morgan fingerprint density at radius 3 is 2.29 bits per heavy atom. The van der Waals surface area contributed by atoms with Gasteiger partial charge >= 0.3 is 0 Å². The van der Waals surface area contributed by atoms with Crippen molar-refractivity contribution in [1.82, 2.24) is 4.90 Å². The first kappa shape index (κ1) is 16.6. The quantitative estimate of drug-likeness (QED) is 0.937. The molecule has 0 spiro atoms. The Morgan fingerprint density at radius 2 is 1.71 bits per heavy atom. The van der Waals surface area contributed by atoms with Gasteiger partial charge in [-0.25, -0.2) is 8.78 Å². The van der Waals surface area contributed by atoms with Crippen LogP contribution in [-0.2, 0) is 16.8 Å². The molecule has 0 radical (unpaired) electrons. The number of rotatable bonds is 4. The maximum absolute atomic E-state index is 13.6. The Bertz CT molecular complexity index is 725. The number of piperidine rings is 1. The van der Waals surface area contributed by atoms with Crippen molar-refractivity contribution in [3.8, 4) is 0 Å². The summed E-state index contributed by atoms with van der Waals surface area (Å²) in [7, 11) is 0. The summed E-state index contributed by atoms with van der Waals surface area (Å²) in [5.74, 6) is -2.34. The highest BCUT2D eigenvalue weighted by Crippen LogP contribution is 2.36. The summed E-state index contributed by atoms with van der Waals surface area (Å²) < 4.78 is 26.8. The van der Waals surface area contributed by atoms with Gasteiger partial charge in [-0.15, -0.1) is 0 Å². The summed E-state index contributed by atoms with van der Waals surface area (Å²) in [5.41, 5.74) is 6.39. The molecule has 1 amide bonds. The zero-order chi connectivity index (χ0) is 17.2. The van der Waals surface area contributed by atoms with E-state index in [2.05, 4.69) is 17.0 Å². The Hall–Kier alpha value is -2.27. The molecule has 3 nitrogen and oxygen atoms in total. The van der Waals surface area contributed by atoms with E-state index in [9.17, 15) is 13.6 Å². The third-order valence-corrected chi connectivity index (χ3v) is 4.90. The number of amides is 1. The van der Waals surface area contributed by atoms with Gasteiger partial charge in [0.15, 0.2) is 11.6 Å². The molecule has 1 heterocycles. The average Bonchev–Trinajstić information content (AvgIpc) is 2.59. The second-order valence-corrected chi connectivity index (χ2v) is 6.34. The Labute approximate surface area is 140 Å². The third kappa shape index (κ3) is 3.17. The van der Waals surface area contributed by atoms with Crippen LogP contribution in [0.25, 0.3) is 0 Å². The maximum atomic E-state index is 13.6. The number of primary amides is 1. The normalized spacial score (nSPS) is 17.6. The minimum atomic E-state index is -0.945. The number of carbonyl (C=O) groups is 1. The number of halogens is 2. The molecule has 1 saturated heterocycles. The molecule has 1 aliphatic rings. The molecule has 2 aromatic carbocycles. The van der Waals surface area contributed by atoms with E-state index in [1.807, 2.05) is 18.2 Å². The molecule has 5 heteroatoms. The highest BCUT2D eigenvalue weighted by atomic mass is 19.2. The fraction of sp³-hybridized carbons (Fsp3) is 0.316. The van der Waals surface area contributed by atoms with Crippen LogP contribution in [0.3, 0.4) is 0 Å². The van der Waals surface area contributed by atoms with Gasteiger partial charge < -0.3 is 5.73 Å². The second kappa shape index (κ2) is 6.69. The highest BCUT2D eigenvalue weighted by molar-refractivity contribution is 5.87. The van der Waals surface area contributed by atoms with Crippen LogP contribution >= 0.6 is 0 Å². The van der Waals surface area contributed by atoms with Gasteiger partial charge in [0, 0.05) is 6.54 Å². The second-order valence-electron chi connectivity index (χ2n) is 6.34. The number of nitrogens with zero attached hydrogens (tertiary/aromatic N) is 1. The molecule has 0 atom stereocenters. The number of carbonyl (C=O) groups excluding carboxylic acids is 1. The fourth-order valence-corrected chi connectivity index (χ4v) is 3.41. The number of nitrogens with two attached hydrogens (primary N) is 1. The Kier molecular flexibility index (Phi) is 4.62. The molecule has 0 aliphatic carbocycles. The predicted molar refractivity (Wildman–Crippen MR) is 88.2 cm³/mol. The van der Waals surface area contributed by atoms with Crippen molar-refractivity contribution in [3.63, 3.8) is 0 Å². The van der Waals surface area contributed by atoms with Crippen LogP contribution in [0.15, 0.2) is 48.5 Å². The molecule has 0 unspecified atom stereocenters. The van der Waals surface area contributed by atoms with Gasteiger partial charge in [0.05, 0.1) is 5.41 Å². The molecule has 2 aromatic rings. The molecule has 2 N–H and O–H groups in total. The van der Waals surface area contributed by atoms with Gasteiger partial charge in [-0.05, 0) is 49.2 Å². The fourth-order valence-electron chi connectivity index (χ4n) is 3.41. The smallest absolute Gasteiger partial charge is 0.228 e. The van der Waals surface area contributed by atoms with Crippen molar-refractivity contribution in [2.75, 3.05) is 13.1 Å². The molecule has 1 aliphatic heterocycles. The van der Waals surface area contributed by atoms with Gasteiger partial charge in [-0.1, -0.05) is 36.4 Å². The molecule has 0 aromatic heterocycles. The summed E-state index contributed by atoms with van der Waals surface area (Å²) in [4.78, 5) is 14.4. The van der Waals surface area contributed by atoms with E-state index in [-0.39, 0.29) is 0 Å². The predicted octanol–water partition coefficient (Wildman–Crippen LogP) is 2.98. The van der Waals surface area contributed by atoms with E-state index >= 15 is 0 Å². The molecule has 126 valence electrons. The number of likely N-dealkylation sites (tertiary alicyclic amines) is 1. The largest absolute Gasteiger partial charge is 0.369 e. The van der Waals surface area contributed by atoms with Crippen LogP contribution < -0.4 is 5.73 Å². The summed E-state index contributed by atoms with van der Waals surface area (Å²) in [6.45, 7) is 2.15. The van der Waals surface area contributed by atoms with E-state index in [0.29, 0.717) is 31.5 Å². The average molecular weight is 330 g/mol. The zero-order valence-corrected chi connectivity index (χ0v) is 13.3. The SMILES string of the molecule is NC(=O)C1(c2ccc(F)c(F)c2)CCN(Cc2ccccc2)CC1. The van der Waals surface area contributed by atoms with Crippen molar-refractivity contribution >= 4 is 5.91 Å². The maximum Gasteiger partial charge on any atom is 0.228 e. The Morgan fingerprint density at radius 1 is 1.04 bits per heavy atom. The molecule has 0 bridgehead atoms. The first-order chi connectivity index (χ1) is 11.5. The third-order valence-electron chi connectivity index (χ3n) is 4.90. The Balaban J connectivity index is 1.77. The number of hydrogen-bond donors (Lipinski definition) is 1. The molecule has 24 heavy (non-hydrogen) atoms. The first-order valence-electron chi connectivity index (χ1n) is 8.03. The van der Waals surface area contributed by atoms with Crippen LogP contribution in [0.2, 0.25) is 0 Å². The van der Waals surface area contributed by atoms with Gasteiger partial charge in [0.1, 0.15) is 0 Å². The van der Waals surface area contributed by atoms with Crippen molar-refractivity contribution in [3.05, 3.63) is 71.3 Å². The van der Waals surface area contributed by atoms with Crippen molar-refractivity contribution in [2.45, 2.75) is 24.8 Å². The van der Waals surface area contributed by atoms with Gasteiger partial charge in [0.2, 0.25) is 5.91 Å². The number of hydrogen-bond acceptors (Lipinski definition) is 2. The van der Waals surface area contributed by atoms with Crippen LogP contribution in [0.1, 0.15) is 24.0 Å². The zero-order valence-electron chi connectivity index (χ0n) is 13.3. The van der Waals surface area contributed by atoms with Gasteiger partial charge in [0.25, 0.3) is 0 Å². The first-order valence-corrected chi connectivity index (χ1v) is 8.03. The van der Waals surface area contributed by atoms with Crippen LogP contribution in [0.4, 0.5) is 8.78 Å². The van der Waals surface area contributed by atoms with Crippen molar-refractivity contribution in [2.24, 2.45) is 5.73 Å². The van der Waals surface area contributed by atoms with Crippen LogP contribution in [0, 0.1) is 11.6 Å². The van der Waals surface area contributed by atoms with Crippen LogP contribution in [-0.4, -0.2) is 23.9 Å². The minimum Gasteiger partial charge on any atom is -0.369 e. The summed E-state index contributed by atoms with van der Waals surface area (Å²) in [6.07, 6.45) is 1.00. The number of benzene rings is 2. The monoisotopic (exact) mass is 330 g/mol. The van der Waals surface area contributed by atoms with Crippen LogP contribution in [0.5, 0.6) is 0 Å². The molecular formula is C19H20F2N2O. The summed E-state index contributed by atoms with van der Waals surface area (Å²) >= 11 is 0. The lowest BCUT2D eigenvalue weighted by Gasteiger charge is -2.40. The molecule has 0 saturated carbocycles. The lowest BCUT2D eigenvalue weighted by atomic mass is 9.72. The van der Waals surface area contributed by atoms with E-state index in [1.165, 1.54) is 11.6 Å². The highest BCUT2D eigenvalue weighted by Gasteiger charge is 2.41. The lowest BCUT2D eigenvalue weighted by Crippen LogP contribution is -2.50. The van der Waals surface area contributed by atoms with E-state index in [4.69, 9.17) is 5.73 Å². The summed E-state index contributed by atoms with van der Waals surface area (Å²) in [5, 5.41) is 0. The van der Waals surface area contributed by atoms with E-state index in [0.717, 1.165) is 18.7 Å². The minimum absolute atomic E-state index is 0.466. The molecule has 1 fully saturated rings. The summed E-state index contributed by atoms with van der Waals surface area (Å²) in [6, 6.07) is 13.7. The van der Waals surface area contributed by atoms with E-state index in [1.54, 1.807) is 0 Å². The molecular weight excluding hydrogens is 310 g/mol. The molecule has 3 rings (SSSR count). The lowest BCUT2D eigenvalue weighted by molar-refractivity contribution is -0.125. The van der Waals surface area contributed by atoms with Crippen molar-refractivity contribution < 1.29 is 13.6 Å². The topological polar surface area (TPSA) is 46.3 Å². The van der Waals surface area contributed by atoms with Crippen molar-refractivity contribution in [1.29, 1.82) is 0 Å². The van der Waals surface area contributed by atoms with Gasteiger partial charge in [-0.3, -0.25) is 9.69 Å².